The van der Waals surface area contributed by atoms with Gasteiger partial charge in [-0.05, 0) is 19.9 Å². The Labute approximate surface area is 119 Å². The van der Waals surface area contributed by atoms with E-state index in [2.05, 4.69) is 14.6 Å². The lowest BCUT2D eigenvalue weighted by Gasteiger charge is -1.99. The van der Waals surface area contributed by atoms with Crippen LogP contribution in [-0.2, 0) is 14.3 Å². The number of carbonyl (C=O) groups is 2. The molecule has 21 heavy (non-hydrogen) atoms. The van der Waals surface area contributed by atoms with Crippen molar-refractivity contribution in [3.8, 4) is 6.07 Å². The molecule has 0 saturated heterocycles. The molecule has 0 radical (unpaired) electrons. The number of nitrogens with one attached hydrogen (secondary N) is 1. The van der Waals surface area contributed by atoms with Crippen molar-refractivity contribution in [2.45, 2.75) is 13.8 Å². The molecule has 0 aliphatic carbocycles. The fourth-order valence-electron chi connectivity index (χ4n) is 1.41. The Balaban J connectivity index is 3.26. The summed E-state index contributed by atoms with van der Waals surface area (Å²) in [5, 5.41) is 11.2. The van der Waals surface area contributed by atoms with Crippen molar-refractivity contribution < 1.29 is 19.1 Å². The lowest BCUT2D eigenvalue weighted by molar-refractivity contribution is -0.137. The Morgan fingerprint density at radius 3 is 2.52 bits per heavy atom. The maximum atomic E-state index is 12.0. The first-order valence-corrected chi connectivity index (χ1v) is 6.02. The lowest BCUT2D eigenvalue weighted by Crippen LogP contribution is -2.26. The van der Waals surface area contributed by atoms with Gasteiger partial charge in [0.15, 0.2) is 0 Å². The number of esters is 1. The molecule has 0 aromatic carbocycles. The summed E-state index contributed by atoms with van der Waals surface area (Å²) in [6.45, 7) is 3.30. The van der Waals surface area contributed by atoms with E-state index in [1.165, 1.54) is 0 Å². The van der Waals surface area contributed by atoms with Crippen molar-refractivity contribution >= 4 is 24.0 Å². The molecule has 0 fully saturated rings. The van der Waals surface area contributed by atoms with E-state index in [1.807, 2.05) is 0 Å². The smallest absolute Gasteiger partial charge is 0.436 e. The quantitative estimate of drug-likeness (QED) is 0.460. The van der Waals surface area contributed by atoms with Gasteiger partial charge in [0.2, 0.25) is 0 Å². The second kappa shape index (κ2) is 6.95. The van der Waals surface area contributed by atoms with Crippen molar-refractivity contribution in [3.05, 3.63) is 21.5 Å². The maximum Gasteiger partial charge on any atom is 0.436 e. The molecule has 0 aliphatic rings. The van der Waals surface area contributed by atoms with Crippen LogP contribution in [0.1, 0.15) is 19.4 Å². The minimum atomic E-state index is -0.941. The van der Waals surface area contributed by atoms with Crippen molar-refractivity contribution in [1.29, 1.82) is 5.26 Å². The third kappa shape index (κ3) is 3.50. The zero-order valence-corrected chi connectivity index (χ0v) is 11.5. The van der Waals surface area contributed by atoms with E-state index in [9.17, 15) is 14.4 Å². The molecule has 0 spiro atoms. The number of aromatic nitrogens is 2. The van der Waals surface area contributed by atoms with Gasteiger partial charge in [-0.2, -0.15) is 5.26 Å². The van der Waals surface area contributed by atoms with Crippen LogP contribution >= 0.6 is 0 Å². The van der Waals surface area contributed by atoms with Gasteiger partial charge in [0.05, 0.1) is 18.8 Å². The minimum absolute atomic E-state index is 0.0711. The van der Waals surface area contributed by atoms with E-state index < -0.39 is 23.2 Å². The van der Waals surface area contributed by atoms with Crippen LogP contribution in [0.3, 0.4) is 0 Å². The summed E-state index contributed by atoms with van der Waals surface area (Å²) >= 11 is 0. The van der Waals surface area contributed by atoms with E-state index in [0.29, 0.717) is 4.68 Å². The molecule has 1 aromatic heterocycles. The van der Waals surface area contributed by atoms with Crippen molar-refractivity contribution in [3.63, 3.8) is 0 Å². The van der Waals surface area contributed by atoms with E-state index in [1.54, 1.807) is 19.9 Å². The largest absolute Gasteiger partial charge is 0.462 e. The fourth-order valence-corrected chi connectivity index (χ4v) is 1.41. The summed E-state index contributed by atoms with van der Waals surface area (Å²) in [5.74, 6) is -1.06. The number of nitrogens with zero attached hydrogens (tertiary/aromatic N) is 2. The maximum absolute atomic E-state index is 12.0. The zero-order chi connectivity index (χ0) is 16.0. The lowest BCUT2D eigenvalue weighted by atomic mass is 10.2. The van der Waals surface area contributed by atoms with Gasteiger partial charge in [0, 0.05) is 0 Å². The van der Waals surface area contributed by atoms with Crippen LogP contribution in [-0.4, -0.2) is 35.1 Å². The SMILES string of the molecule is CCOC(=O)/C(C#N)=C/c1c(N)[nH]n(C(=O)OCC)c1=O. The Morgan fingerprint density at radius 2 is 2.00 bits per heavy atom. The highest BCUT2D eigenvalue weighted by molar-refractivity contribution is 5.98. The number of hydrogen-bond acceptors (Lipinski definition) is 7. The van der Waals surface area contributed by atoms with Crippen LogP contribution in [0, 0.1) is 11.3 Å². The summed E-state index contributed by atoms with van der Waals surface area (Å²) in [6, 6.07) is 1.61. The summed E-state index contributed by atoms with van der Waals surface area (Å²) in [5.41, 5.74) is 4.12. The van der Waals surface area contributed by atoms with Gasteiger partial charge in [0.25, 0.3) is 5.56 Å². The number of anilines is 1. The predicted octanol–water partition coefficient (Wildman–Crippen LogP) is 0.233. The molecule has 0 unspecified atom stereocenters. The molecule has 1 heterocycles. The van der Waals surface area contributed by atoms with Crippen LogP contribution in [0.5, 0.6) is 0 Å². The van der Waals surface area contributed by atoms with E-state index in [-0.39, 0.29) is 24.6 Å². The molecule has 1 aromatic rings. The van der Waals surface area contributed by atoms with Gasteiger partial charge in [-0.3, -0.25) is 9.89 Å². The van der Waals surface area contributed by atoms with E-state index >= 15 is 0 Å². The van der Waals surface area contributed by atoms with Gasteiger partial charge < -0.3 is 15.2 Å². The Bertz CT molecular complexity index is 677. The summed E-state index contributed by atoms with van der Waals surface area (Å²) in [4.78, 5) is 35.0. The van der Waals surface area contributed by atoms with Crippen LogP contribution in [0.4, 0.5) is 10.6 Å². The third-order valence-corrected chi connectivity index (χ3v) is 2.31. The second-order valence-electron chi connectivity index (χ2n) is 3.67. The summed E-state index contributed by atoms with van der Waals surface area (Å²) < 4.78 is 9.86. The molecule has 112 valence electrons. The fraction of sp³-hybridized carbons (Fsp3) is 0.333. The highest BCUT2D eigenvalue weighted by atomic mass is 16.6. The Morgan fingerprint density at radius 1 is 1.38 bits per heavy atom. The van der Waals surface area contributed by atoms with E-state index in [0.717, 1.165) is 6.08 Å². The summed E-state index contributed by atoms with van der Waals surface area (Å²) in [7, 11) is 0. The number of H-pyrrole nitrogens is 1. The Hall–Kier alpha value is -3.02. The monoisotopic (exact) mass is 294 g/mol. The van der Waals surface area contributed by atoms with Gasteiger partial charge in [0.1, 0.15) is 17.5 Å². The molecule has 0 aliphatic heterocycles. The van der Waals surface area contributed by atoms with Gasteiger partial charge in [-0.15, -0.1) is 4.68 Å². The first-order valence-electron chi connectivity index (χ1n) is 6.02. The topological polar surface area (TPSA) is 140 Å². The number of rotatable bonds is 4. The molecule has 9 nitrogen and oxygen atoms in total. The molecule has 3 N–H and O–H groups in total. The molecule has 0 saturated carbocycles. The average Bonchev–Trinajstić information content (AvgIpc) is 2.72. The average molecular weight is 294 g/mol. The number of aromatic amines is 1. The number of hydrogen-bond donors (Lipinski definition) is 2. The predicted molar refractivity (Wildman–Crippen MR) is 72.1 cm³/mol. The van der Waals surface area contributed by atoms with Crippen LogP contribution < -0.4 is 11.3 Å². The Kier molecular flexibility index (Phi) is 5.31. The first kappa shape index (κ1) is 16.0. The number of nitrogens with two attached hydrogens (primary N) is 1. The molecule has 9 heteroatoms. The van der Waals surface area contributed by atoms with Gasteiger partial charge in [-0.1, -0.05) is 0 Å². The van der Waals surface area contributed by atoms with Crippen LogP contribution in [0.25, 0.3) is 6.08 Å². The standard InChI is InChI=1S/C12H14N4O5/c1-3-20-11(18)7(6-13)5-8-9(14)15-16(10(8)17)12(19)21-4-2/h5,15H,3-4,14H2,1-2H3/b7-5+. The number of nitriles is 1. The number of ether oxygens (including phenoxy) is 2. The van der Waals surface area contributed by atoms with Gasteiger partial charge in [-0.25, -0.2) is 9.59 Å². The number of nitrogen functional groups attached to an aromatic ring is 1. The summed E-state index contributed by atoms with van der Waals surface area (Å²) in [6.07, 6.45) is 0.0190. The van der Waals surface area contributed by atoms with Crippen molar-refractivity contribution in [2.24, 2.45) is 0 Å². The van der Waals surface area contributed by atoms with Gasteiger partial charge >= 0.3 is 12.1 Å². The third-order valence-electron chi connectivity index (χ3n) is 2.31. The molecular weight excluding hydrogens is 280 g/mol. The second-order valence-corrected chi connectivity index (χ2v) is 3.67. The molecule has 0 amide bonds. The van der Waals surface area contributed by atoms with Crippen molar-refractivity contribution in [1.82, 2.24) is 9.78 Å². The first-order chi connectivity index (χ1) is 9.96. The number of carbonyl (C=O) groups excluding carboxylic acids is 2. The van der Waals surface area contributed by atoms with Crippen LogP contribution in [0.15, 0.2) is 10.4 Å². The molecule has 0 bridgehead atoms. The minimum Gasteiger partial charge on any atom is -0.462 e. The molecule has 0 atom stereocenters. The highest BCUT2D eigenvalue weighted by Gasteiger charge is 2.19. The highest BCUT2D eigenvalue weighted by Crippen LogP contribution is 2.10. The molecular formula is C12H14N4O5. The van der Waals surface area contributed by atoms with Crippen LogP contribution in [0.2, 0.25) is 0 Å². The zero-order valence-electron chi connectivity index (χ0n) is 11.5. The van der Waals surface area contributed by atoms with Crippen molar-refractivity contribution in [2.75, 3.05) is 18.9 Å². The molecule has 1 rings (SSSR count). The normalized spacial score (nSPS) is 10.8. The van der Waals surface area contributed by atoms with E-state index in [4.69, 9.17) is 11.0 Å².